The van der Waals surface area contributed by atoms with Gasteiger partial charge >= 0.3 is 12.1 Å². The zero-order valence-corrected chi connectivity index (χ0v) is 19.0. The number of aliphatic hydroxyl groups excluding tert-OH is 1. The molecule has 0 aliphatic heterocycles. The van der Waals surface area contributed by atoms with Crippen LogP contribution in [0.15, 0.2) is 48.5 Å². The first-order valence-electron chi connectivity index (χ1n) is 10.0. The number of aliphatic hydroxyl groups is 1. The molecule has 0 aliphatic rings. The summed E-state index contributed by atoms with van der Waals surface area (Å²) in [5.41, 5.74) is -1.91. The number of nitrogens with one attached hydrogen (secondary N) is 1. The van der Waals surface area contributed by atoms with E-state index in [1.807, 2.05) is 0 Å². The lowest BCUT2D eigenvalue weighted by Gasteiger charge is -2.18. The van der Waals surface area contributed by atoms with E-state index in [1.54, 1.807) is 30.3 Å². The van der Waals surface area contributed by atoms with Crippen molar-refractivity contribution < 1.29 is 43.5 Å². The molecular formula is C20H22N3O11P. The summed E-state index contributed by atoms with van der Waals surface area (Å²) in [4.78, 5) is 53.9. The van der Waals surface area contributed by atoms with Crippen LogP contribution in [0.25, 0.3) is 0 Å². The molecule has 0 spiro atoms. The minimum atomic E-state index is -4.63. The van der Waals surface area contributed by atoms with Crippen LogP contribution in [-0.2, 0) is 25.4 Å². The first-order valence-corrected chi connectivity index (χ1v) is 12.0. The zero-order chi connectivity index (χ0) is 26.0. The van der Waals surface area contributed by atoms with Gasteiger partial charge in [-0.3, -0.25) is 34.9 Å². The smallest absolute Gasteiger partial charge is 0.410 e. The van der Waals surface area contributed by atoms with Crippen LogP contribution in [0.2, 0.25) is 0 Å². The fraction of sp³-hybridized carbons (Fsp3) is 0.300. The lowest BCUT2D eigenvalue weighted by Crippen LogP contribution is -2.28. The number of hydrogen-bond acceptors (Lipinski definition) is 10. The van der Waals surface area contributed by atoms with Gasteiger partial charge in [-0.1, -0.05) is 30.3 Å². The normalized spacial score (nSPS) is 13.2. The Hall–Kier alpha value is -3.87. The van der Waals surface area contributed by atoms with Crippen LogP contribution < -0.4 is 5.32 Å². The highest BCUT2D eigenvalue weighted by atomic mass is 31.2. The maximum Gasteiger partial charge on any atom is 0.410 e. The number of carbonyl (C=O) groups excluding carboxylic acids is 2. The molecule has 1 unspecified atom stereocenters. The fourth-order valence-corrected chi connectivity index (χ4v) is 4.44. The molecule has 188 valence electrons. The van der Waals surface area contributed by atoms with Gasteiger partial charge in [0.05, 0.1) is 9.85 Å². The van der Waals surface area contributed by atoms with Crippen molar-refractivity contribution in [2.75, 3.05) is 12.9 Å². The summed E-state index contributed by atoms with van der Waals surface area (Å²) in [6.45, 7) is -0.513. The number of hydrogen-bond donors (Lipinski definition) is 3. The number of nitro benzene ring substituents is 2. The molecule has 0 aromatic heterocycles. The predicted octanol–water partition coefficient (Wildman–Crippen LogP) is 2.97. The molecule has 15 heteroatoms. The third-order valence-electron chi connectivity index (χ3n) is 4.62. The SMILES string of the molecule is O=C(CCCP(=O)(O)[C@H](O)c1c([N+](=O)[O-])cccc1[N+](=O)[O-])OCNC(=O)OCc1ccccc1. The van der Waals surface area contributed by atoms with Crippen LogP contribution in [-0.4, -0.2) is 44.8 Å². The average Bonchev–Trinajstić information content (AvgIpc) is 2.82. The number of ether oxygens (including phenoxy) is 2. The standard InChI is InChI=1S/C20H22N3O11P/c24-17(34-13-21-20(26)33-12-14-6-2-1-3-7-14)10-5-11-35(31,32)19(25)18-15(22(27)28)8-4-9-16(18)23(29)30/h1-4,6-9,19,25H,5,10-13H2,(H,21,26)(H,31,32)/t19-/m0/s1. The molecule has 1 amide bonds. The largest absolute Gasteiger partial charge is 0.445 e. The Morgan fingerprint density at radius 1 is 1.00 bits per heavy atom. The van der Waals surface area contributed by atoms with E-state index in [0.717, 1.165) is 23.8 Å². The van der Waals surface area contributed by atoms with E-state index < -0.39 is 71.4 Å². The van der Waals surface area contributed by atoms with Gasteiger partial charge < -0.3 is 19.5 Å². The molecule has 0 radical (unpaired) electrons. The number of nitro groups is 2. The highest BCUT2D eigenvalue weighted by Gasteiger charge is 2.40. The maximum absolute atomic E-state index is 12.6. The van der Waals surface area contributed by atoms with Crippen LogP contribution in [0.4, 0.5) is 16.2 Å². The quantitative estimate of drug-likeness (QED) is 0.124. The predicted molar refractivity (Wildman–Crippen MR) is 119 cm³/mol. The molecule has 3 N–H and O–H groups in total. The topological polar surface area (TPSA) is 208 Å². The van der Waals surface area contributed by atoms with Crippen molar-refractivity contribution in [1.82, 2.24) is 5.32 Å². The van der Waals surface area contributed by atoms with E-state index in [4.69, 9.17) is 9.47 Å². The number of alkyl carbamates (subject to hydrolysis) is 1. The van der Waals surface area contributed by atoms with Crippen molar-refractivity contribution in [1.29, 1.82) is 0 Å². The van der Waals surface area contributed by atoms with Crippen molar-refractivity contribution in [3.8, 4) is 0 Å². The molecule has 0 saturated carbocycles. The molecule has 35 heavy (non-hydrogen) atoms. The third-order valence-corrected chi connectivity index (χ3v) is 6.60. The molecule has 2 atom stereocenters. The zero-order valence-electron chi connectivity index (χ0n) is 18.1. The number of amides is 1. The average molecular weight is 511 g/mol. The lowest BCUT2D eigenvalue weighted by molar-refractivity contribution is -0.396. The first-order chi connectivity index (χ1) is 16.5. The molecular weight excluding hydrogens is 489 g/mol. The highest BCUT2D eigenvalue weighted by Crippen LogP contribution is 2.57. The molecule has 2 aromatic carbocycles. The number of esters is 1. The Morgan fingerprint density at radius 3 is 2.17 bits per heavy atom. The summed E-state index contributed by atoms with van der Waals surface area (Å²) in [5.74, 6) is -3.26. The second-order valence-corrected chi connectivity index (χ2v) is 9.53. The maximum atomic E-state index is 12.6. The number of benzene rings is 2. The minimum absolute atomic E-state index is 0.00642. The van der Waals surface area contributed by atoms with Crippen LogP contribution >= 0.6 is 7.37 Å². The van der Waals surface area contributed by atoms with Crippen molar-refractivity contribution in [3.05, 3.63) is 79.9 Å². The van der Waals surface area contributed by atoms with Gasteiger partial charge in [-0.15, -0.1) is 0 Å². The van der Waals surface area contributed by atoms with Crippen LogP contribution in [0.3, 0.4) is 0 Å². The van der Waals surface area contributed by atoms with E-state index >= 15 is 0 Å². The highest BCUT2D eigenvalue weighted by molar-refractivity contribution is 7.58. The molecule has 0 saturated heterocycles. The second kappa shape index (κ2) is 12.6. The van der Waals surface area contributed by atoms with Gasteiger partial charge in [0, 0.05) is 24.7 Å². The fourth-order valence-electron chi connectivity index (χ4n) is 2.92. The number of rotatable bonds is 12. The van der Waals surface area contributed by atoms with E-state index in [9.17, 15) is 44.4 Å². The monoisotopic (exact) mass is 511 g/mol. The molecule has 0 bridgehead atoms. The lowest BCUT2D eigenvalue weighted by atomic mass is 10.1. The van der Waals surface area contributed by atoms with Gasteiger partial charge in [-0.05, 0) is 18.1 Å². The number of nitrogens with zero attached hydrogens (tertiary/aromatic N) is 2. The molecule has 0 heterocycles. The van der Waals surface area contributed by atoms with Crippen molar-refractivity contribution in [3.63, 3.8) is 0 Å². The van der Waals surface area contributed by atoms with E-state index in [1.165, 1.54) is 0 Å². The van der Waals surface area contributed by atoms with Gasteiger partial charge in [-0.2, -0.15) is 0 Å². The second-order valence-electron chi connectivity index (χ2n) is 7.08. The summed E-state index contributed by atoms with van der Waals surface area (Å²) in [6, 6.07) is 11.6. The van der Waals surface area contributed by atoms with Gasteiger partial charge in [0.25, 0.3) is 11.4 Å². The van der Waals surface area contributed by atoms with Crippen LogP contribution in [0.5, 0.6) is 0 Å². The molecule has 2 rings (SSSR count). The summed E-state index contributed by atoms with van der Waals surface area (Å²) in [7, 11) is -4.63. The van der Waals surface area contributed by atoms with Crippen LogP contribution in [0.1, 0.15) is 29.8 Å². The van der Waals surface area contributed by atoms with Crippen molar-refractivity contribution in [2.24, 2.45) is 0 Å². The Balaban J connectivity index is 1.83. The van der Waals surface area contributed by atoms with Crippen molar-refractivity contribution >= 4 is 30.8 Å². The minimum Gasteiger partial charge on any atom is -0.445 e. The van der Waals surface area contributed by atoms with Gasteiger partial charge in [-0.25, -0.2) is 4.79 Å². The molecule has 0 fully saturated rings. The summed E-state index contributed by atoms with van der Waals surface area (Å²) in [6.07, 6.45) is -2.19. The Labute approximate surface area is 198 Å². The van der Waals surface area contributed by atoms with Gasteiger partial charge in [0.1, 0.15) is 12.2 Å². The molecule has 0 aliphatic carbocycles. The Morgan fingerprint density at radius 2 is 1.60 bits per heavy atom. The Kier molecular flexibility index (Phi) is 9.82. The third kappa shape index (κ3) is 8.14. The molecule has 14 nitrogen and oxygen atoms in total. The van der Waals surface area contributed by atoms with Crippen molar-refractivity contribution in [2.45, 2.75) is 25.3 Å². The van der Waals surface area contributed by atoms with E-state index in [-0.39, 0.29) is 13.0 Å². The van der Waals surface area contributed by atoms with E-state index in [0.29, 0.717) is 0 Å². The van der Waals surface area contributed by atoms with E-state index in [2.05, 4.69) is 5.32 Å². The van der Waals surface area contributed by atoms with Gasteiger partial charge in [0.15, 0.2) is 12.6 Å². The van der Waals surface area contributed by atoms with Crippen LogP contribution in [0, 0.1) is 20.2 Å². The summed E-state index contributed by atoms with van der Waals surface area (Å²) >= 11 is 0. The number of carbonyl (C=O) groups is 2. The first kappa shape index (κ1) is 27.4. The summed E-state index contributed by atoms with van der Waals surface area (Å²) in [5, 5.41) is 34.9. The Bertz CT molecular complexity index is 1090. The summed E-state index contributed by atoms with van der Waals surface area (Å²) < 4.78 is 22.3. The molecule has 2 aromatic rings. The van der Waals surface area contributed by atoms with Gasteiger partial charge in [0.2, 0.25) is 7.37 Å².